The van der Waals surface area contributed by atoms with Gasteiger partial charge in [0.2, 0.25) is 0 Å². The molecule has 98 valence electrons. The number of nitrogens with zero attached hydrogens (tertiary/aromatic N) is 1. The van der Waals surface area contributed by atoms with E-state index in [1.54, 1.807) is 12.1 Å². The number of ether oxygens (including phenoxy) is 2. The Morgan fingerprint density at radius 2 is 1.95 bits per heavy atom. The minimum Gasteiger partial charge on any atom is -0.490 e. The molecule has 0 unspecified atom stereocenters. The normalized spacial score (nSPS) is 9.95. The third-order valence-corrected chi connectivity index (χ3v) is 2.39. The van der Waals surface area contributed by atoms with Crippen molar-refractivity contribution >= 4 is 5.84 Å². The lowest BCUT2D eigenvalue weighted by Gasteiger charge is -2.11. The van der Waals surface area contributed by atoms with E-state index in [0.29, 0.717) is 29.5 Å². The monoisotopic (exact) mass is 257 g/mol. The first-order valence-electron chi connectivity index (χ1n) is 5.91. The first kappa shape index (κ1) is 12.9. The van der Waals surface area contributed by atoms with Gasteiger partial charge in [0.1, 0.15) is 17.3 Å². The Labute approximate surface area is 111 Å². The fourth-order valence-electron chi connectivity index (χ4n) is 1.54. The van der Waals surface area contributed by atoms with Crippen molar-refractivity contribution in [3.63, 3.8) is 0 Å². The molecule has 2 rings (SSSR count). The SMILES string of the molecule is CCOc1ccccc1Oc1ccc(C(=N)N)nc1. The molecule has 0 atom stereocenters. The fraction of sp³-hybridized carbons (Fsp3) is 0.143. The lowest BCUT2D eigenvalue weighted by molar-refractivity contribution is 0.321. The highest BCUT2D eigenvalue weighted by Gasteiger charge is 2.06. The van der Waals surface area contributed by atoms with E-state index in [2.05, 4.69) is 4.98 Å². The summed E-state index contributed by atoms with van der Waals surface area (Å²) in [6.45, 7) is 2.49. The molecule has 1 heterocycles. The zero-order valence-corrected chi connectivity index (χ0v) is 10.6. The van der Waals surface area contributed by atoms with Crippen LogP contribution in [-0.4, -0.2) is 17.4 Å². The standard InChI is InChI=1S/C14H15N3O2/c1-2-18-12-5-3-4-6-13(12)19-10-7-8-11(14(15)16)17-9-10/h3-9H,2H2,1H3,(H3,15,16). The maximum atomic E-state index is 7.27. The molecule has 5 heteroatoms. The van der Waals surface area contributed by atoms with Gasteiger partial charge in [-0.15, -0.1) is 0 Å². The topological polar surface area (TPSA) is 81.2 Å². The number of aromatic nitrogens is 1. The van der Waals surface area contributed by atoms with E-state index in [1.807, 2.05) is 31.2 Å². The highest BCUT2D eigenvalue weighted by molar-refractivity contribution is 5.92. The van der Waals surface area contributed by atoms with Crippen molar-refractivity contribution < 1.29 is 9.47 Å². The first-order valence-corrected chi connectivity index (χ1v) is 5.91. The van der Waals surface area contributed by atoms with Crippen molar-refractivity contribution in [2.45, 2.75) is 6.92 Å². The van der Waals surface area contributed by atoms with Crippen molar-refractivity contribution in [3.05, 3.63) is 48.3 Å². The van der Waals surface area contributed by atoms with Crippen molar-refractivity contribution in [2.75, 3.05) is 6.61 Å². The van der Waals surface area contributed by atoms with Gasteiger partial charge in [0.25, 0.3) is 0 Å². The molecule has 3 N–H and O–H groups in total. The first-order chi connectivity index (χ1) is 9.20. The summed E-state index contributed by atoms with van der Waals surface area (Å²) < 4.78 is 11.2. The number of amidine groups is 1. The molecule has 0 fully saturated rings. The Morgan fingerprint density at radius 3 is 2.53 bits per heavy atom. The van der Waals surface area contributed by atoms with Crippen molar-refractivity contribution in [3.8, 4) is 17.2 Å². The van der Waals surface area contributed by atoms with E-state index in [9.17, 15) is 0 Å². The molecule has 0 aliphatic carbocycles. The number of hydrogen-bond donors (Lipinski definition) is 2. The van der Waals surface area contributed by atoms with Crippen molar-refractivity contribution in [2.24, 2.45) is 5.73 Å². The summed E-state index contributed by atoms with van der Waals surface area (Å²) in [7, 11) is 0. The van der Waals surface area contributed by atoms with E-state index < -0.39 is 0 Å². The summed E-state index contributed by atoms with van der Waals surface area (Å²) in [6, 6.07) is 10.8. The Bertz CT molecular complexity index is 567. The maximum Gasteiger partial charge on any atom is 0.169 e. The van der Waals surface area contributed by atoms with Crippen molar-refractivity contribution in [1.82, 2.24) is 4.98 Å². The molecular weight excluding hydrogens is 242 g/mol. The molecule has 0 saturated heterocycles. The second kappa shape index (κ2) is 5.86. The summed E-state index contributed by atoms with van der Waals surface area (Å²) in [5.41, 5.74) is 5.76. The van der Waals surface area contributed by atoms with E-state index in [-0.39, 0.29) is 5.84 Å². The van der Waals surface area contributed by atoms with Gasteiger partial charge in [-0.2, -0.15) is 0 Å². The summed E-state index contributed by atoms with van der Waals surface area (Å²) in [4.78, 5) is 4.03. The number of hydrogen-bond acceptors (Lipinski definition) is 4. The van der Waals surface area contributed by atoms with Crippen LogP contribution in [0.15, 0.2) is 42.6 Å². The summed E-state index contributed by atoms with van der Waals surface area (Å²) in [6.07, 6.45) is 1.53. The van der Waals surface area contributed by atoms with Gasteiger partial charge < -0.3 is 15.2 Å². The molecule has 0 aliphatic heterocycles. The van der Waals surface area contributed by atoms with Gasteiger partial charge >= 0.3 is 0 Å². The van der Waals surface area contributed by atoms with Crippen LogP contribution in [0.3, 0.4) is 0 Å². The van der Waals surface area contributed by atoms with Gasteiger partial charge in [0.15, 0.2) is 11.5 Å². The van der Waals surface area contributed by atoms with E-state index in [4.69, 9.17) is 20.6 Å². The quantitative estimate of drug-likeness (QED) is 0.637. The van der Waals surface area contributed by atoms with Gasteiger partial charge in [-0.1, -0.05) is 12.1 Å². The van der Waals surface area contributed by atoms with Crippen LogP contribution in [0.2, 0.25) is 0 Å². The third kappa shape index (κ3) is 3.22. The molecule has 1 aromatic heterocycles. The largest absolute Gasteiger partial charge is 0.490 e. The van der Waals surface area contributed by atoms with Crippen LogP contribution >= 0.6 is 0 Å². The van der Waals surface area contributed by atoms with Crippen LogP contribution in [0, 0.1) is 5.41 Å². The van der Waals surface area contributed by atoms with Crippen LogP contribution in [-0.2, 0) is 0 Å². The van der Waals surface area contributed by atoms with E-state index in [0.717, 1.165) is 0 Å². The zero-order valence-electron chi connectivity index (χ0n) is 10.6. The number of benzene rings is 1. The van der Waals surface area contributed by atoms with E-state index >= 15 is 0 Å². The van der Waals surface area contributed by atoms with Crippen LogP contribution in [0.4, 0.5) is 0 Å². The molecule has 0 amide bonds. The lowest BCUT2D eigenvalue weighted by atomic mass is 10.3. The predicted molar refractivity (Wildman–Crippen MR) is 72.9 cm³/mol. The fourth-order valence-corrected chi connectivity index (χ4v) is 1.54. The zero-order chi connectivity index (χ0) is 13.7. The highest BCUT2D eigenvalue weighted by atomic mass is 16.5. The van der Waals surface area contributed by atoms with Crippen LogP contribution in [0.25, 0.3) is 0 Å². The van der Waals surface area contributed by atoms with Gasteiger partial charge in [-0.05, 0) is 31.2 Å². The van der Waals surface area contributed by atoms with Gasteiger partial charge in [0, 0.05) is 0 Å². The Hall–Kier alpha value is -2.56. The minimum atomic E-state index is -0.0683. The molecule has 1 aromatic carbocycles. The average molecular weight is 257 g/mol. The number of nitrogens with two attached hydrogens (primary N) is 1. The third-order valence-electron chi connectivity index (χ3n) is 2.39. The van der Waals surface area contributed by atoms with Crippen LogP contribution in [0.5, 0.6) is 17.2 Å². The summed E-state index contributed by atoms with van der Waals surface area (Å²) >= 11 is 0. The number of pyridine rings is 1. The summed E-state index contributed by atoms with van der Waals surface area (Å²) in [5, 5.41) is 7.27. The molecule has 2 aromatic rings. The lowest BCUT2D eigenvalue weighted by Crippen LogP contribution is -2.12. The summed E-state index contributed by atoms with van der Waals surface area (Å²) in [5.74, 6) is 1.81. The van der Waals surface area contributed by atoms with Crippen LogP contribution < -0.4 is 15.2 Å². The molecule has 0 bridgehead atoms. The van der Waals surface area contributed by atoms with Crippen molar-refractivity contribution in [1.29, 1.82) is 5.41 Å². The molecule has 0 aliphatic rings. The molecule has 19 heavy (non-hydrogen) atoms. The number of para-hydroxylation sites is 2. The van der Waals surface area contributed by atoms with Gasteiger partial charge in [0.05, 0.1) is 12.8 Å². The smallest absolute Gasteiger partial charge is 0.169 e. The average Bonchev–Trinajstić information content (AvgIpc) is 2.42. The minimum absolute atomic E-state index is 0.0683. The second-order valence-corrected chi connectivity index (χ2v) is 3.77. The maximum absolute atomic E-state index is 7.27. The Kier molecular flexibility index (Phi) is 3.97. The second-order valence-electron chi connectivity index (χ2n) is 3.77. The van der Waals surface area contributed by atoms with Gasteiger partial charge in [-0.25, -0.2) is 4.98 Å². The van der Waals surface area contributed by atoms with Crippen LogP contribution in [0.1, 0.15) is 12.6 Å². The number of rotatable bonds is 5. The molecule has 5 nitrogen and oxygen atoms in total. The molecule has 0 saturated carbocycles. The molecule has 0 spiro atoms. The van der Waals surface area contributed by atoms with E-state index in [1.165, 1.54) is 6.20 Å². The predicted octanol–water partition coefficient (Wildman–Crippen LogP) is 2.56. The number of nitrogen functional groups attached to an aromatic ring is 1. The molecular formula is C14H15N3O2. The highest BCUT2D eigenvalue weighted by Crippen LogP contribution is 2.30. The van der Waals surface area contributed by atoms with Gasteiger partial charge in [-0.3, -0.25) is 5.41 Å². The Morgan fingerprint density at radius 1 is 1.21 bits per heavy atom. The number of nitrogens with one attached hydrogen (secondary N) is 1. The molecule has 0 radical (unpaired) electrons. The Balaban J connectivity index is 2.19.